The van der Waals surface area contributed by atoms with Gasteiger partial charge in [0.05, 0.1) is 24.9 Å². The van der Waals surface area contributed by atoms with Crippen molar-refractivity contribution in [2.24, 2.45) is 0 Å². The highest BCUT2D eigenvalue weighted by atomic mass is 19.1. The van der Waals surface area contributed by atoms with Gasteiger partial charge in [0.1, 0.15) is 11.6 Å². The van der Waals surface area contributed by atoms with E-state index in [2.05, 4.69) is 5.32 Å². The molecule has 0 radical (unpaired) electrons. The van der Waals surface area contributed by atoms with Crippen LogP contribution < -0.4 is 15.8 Å². The third-order valence-electron chi connectivity index (χ3n) is 2.81. The van der Waals surface area contributed by atoms with Crippen molar-refractivity contribution in [1.82, 2.24) is 0 Å². The van der Waals surface area contributed by atoms with Gasteiger partial charge in [0.25, 0.3) is 0 Å². The Balaban J connectivity index is 2.01. The monoisotopic (exact) mass is 274 g/mol. The van der Waals surface area contributed by atoms with Crippen LogP contribution in [0.25, 0.3) is 0 Å². The predicted molar refractivity (Wildman–Crippen MR) is 76.1 cm³/mol. The van der Waals surface area contributed by atoms with Crippen molar-refractivity contribution >= 4 is 17.3 Å². The molecule has 0 aliphatic rings. The predicted octanol–water partition coefficient (Wildman–Crippen LogP) is 2.60. The van der Waals surface area contributed by atoms with E-state index < -0.39 is 5.82 Å². The van der Waals surface area contributed by atoms with Crippen LogP contribution in [0.5, 0.6) is 5.75 Å². The number of hydrogen-bond donors (Lipinski definition) is 2. The molecule has 2 rings (SSSR count). The molecular weight excluding hydrogens is 259 g/mol. The maximum atomic E-state index is 12.9. The first-order valence-electron chi connectivity index (χ1n) is 6.06. The van der Waals surface area contributed by atoms with E-state index >= 15 is 0 Å². The largest absolute Gasteiger partial charge is 0.497 e. The molecule has 0 fully saturated rings. The Kier molecular flexibility index (Phi) is 4.20. The van der Waals surface area contributed by atoms with Gasteiger partial charge >= 0.3 is 0 Å². The smallest absolute Gasteiger partial charge is 0.228 e. The maximum absolute atomic E-state index is 12.9. The van der Waals surface area contributed by atoms with Crippen molar-refractivity contribution in [2.45, 2.75) is 6.42 Å². The summed E-state index contributed by atoms with van der Waals surface area (Å²) in [6.45, 7) is 0. The zero-order chi connectivity index (χ0) is 14.5. The normalized spacial score (nSPS) is 10.1. The Labute approximate surface area is 116 Å². The summed E-state index contributed by atoms with van der Waals surface area (Å²) >= 11 is 0. The molecule has 0 aromatic heterocycles. The number of hydrogen-bond acceptors (Lipinski definition) is 3. The molecule has 5 heteroatoms. The number of nitrogen functional groups attached to an aromatic ring is 1. The maximum Gasteiger partial charge on any atom is 0.228 e. The number of halogens is 1. The highest BCUT2D eigenvalue weighted by Gasteiger charge is 2.07. The standard InChI is InChI=1S/C15H15FN2O2/c1-20-12-5-2-10(3-6-12)8-15(19)18-14-7-4-11(16)9-13(14)17/h2-7,9H,8,17H2,1H3,(H,18,19). The number of rotatable bonds is 4. The van der Waals surface area contributed by atoms with E-state index in [1.54, 1.807) is 19.2 Å². The molecule has 0 spiro atoms. The molecule has 0 aliphatic carbocycles. The summed E-state index contributed by atoms with van der Waals surface area (Å²) in [5.41, 5.74) is 7.09. The van der Waals surface area contributed by atoms with Crippen LogP contribution in [-0.4, -0.2) is 13.0 Å². The number of nitrogens with two attached hydrogens (primary N) is 1. The van der Waals surface area contributed by atoms with Crippen LogP contribution in [0.15, 0.2) is 42.5 Å². The minimum atomic E-state index is -0.435. The number of carbonyl (C=O) groups excluding carboxylic acids is 1. The van der Waals surface area contributed by atoms with Gasteiger partial charge in [-0.2, -0.15) is 0 Å². The Morgan fingerprint density at radius 1 is 1.25 bits per heavy atom. The van der Waals surface area contributed by atoms with E-state index in [4.69, 9.17) is 10.5 Å². The Morgan fingerprint density at radius 3 is 2.55 bits per heavy atom. The summed E-state index contributed by atoms with van der Waals surface area (Å²) in [4.78, 5) is 11.9. The van der Waals surface area contributed by atoms with Crippen LogP contribution in [0.2, 0.25) is 0 Å². The van der Waals surface area contributed by atoms with Crippen LogP contribution in [0.3, 0.4) is 0 Å². The van der Waals surface area contributed by atoms with Gasteiger partial charge in [-0.25, -0.2) is 4.39 Å². The second kappa shape index (κ2) is 6.06. The summed E-state index contributed by atoms with van der Waals surface area (Å²) < 4.78 is 17.9. The molecule has 4 nitrogen and oxygen atoms in total. The summed E-state index contributed by atoms with van der Waals surface area (Å²) in [5.74, 6) is 0.0843. The zero-order valence-corrected chi connectivity index (χ0v) is 11.0. The Bertz CT molecular complexity index is 612. The van der Waals surface area contributed by atoms with Crippen molar-refractivity contribution in [2.75, 3.05) is 18.2 Å². The molecule has 2 aromatic carbocycles. The third-order valence-corrected chi connectivity index (χ3v) is 2.81. The van der Waals surface area contributed by atoms with E-state index in [0.29, 0.717) is 5.69 Å². The van der Waals surface area contributed by atoms with Crippen LogP contribution in [0.1, 0.15) is 5.56 Å². The first kappa shape index (κ1) is 13.9. The first-order chi connectivity index (χ1) is 9.58. The van der Waals surface area contributed by atoms with Gasteiger partial charge in [-0.15, -0.1) is 0 Å². The van der Waals surface area contributed by atoms with Gasteiger partial charge in [0, 0.05) is 0 Å². The number of amides is 1. The lowest BCUT2D eigenvalue weighted by atomic mass is 10.1. The average Bonchev–Trinajstić information content (AvgIpc) is 2.43. The first-order valence-corrected chi connectivity index (χ1v) is 6.06. The molecular formula is C15H15FN2O2. The fourth-order valence-corrected chi connectivity index (χ4v) is 1.77. The minimum absolute atomic E-state index is 0.202. The van der Waals surface area contributed by atoms with Crippen molar-refractivity contribution in [3.8, 4) is 5.75 Å². The van der Waals surface area contributed by atoms with Crippen molar-refractivity contribution in [3.63, 3.8) is 0 Å². The lowest BCUT2D eigenvalue weighted by Gasteiger charge is -2.08. The summed E-state index contributed by atoms with van der Waals surface area (Å²) in [6, 6.07) is 11.1. The number of benzene rings is 2. The minimum Gasteiger partial charge on any atom is -0.497 e. The van der Waals surface area contributed by atoms with Gasteiger partial charge < -0.3 is 15.8 Å². The molecule has 2 aromatic rings. The number of ether oxygens (including phenoxy) is 1. The quantitative estimate of drug-likeness (QED) is 0.842. The second-order valence-electron chi connectivity index (χ2n) is 4.30. The molecule has 0 atom stereocenters. The van der Waals surface area contributed by atoms with Gasteiger partial charge in [-0.05, 0) is 35.9 Å². The van der Waals surface area contributed by atoms with Crippen LogP contribution in [0, 0.1) is 5.82 Å². The number of anilines is 2. The molecule has 1 amide bonds. The van der Waals surface area contributed by atoms with Gasteiger partial charge in [0.2, 0.25) is 5.91 Å². The number of carbonyl (C=O) groups is 1. The van der Waals surface area contributed by atoms with E-state index in [1.807, 2.05) is 12.1 Å². The lowest BCUT2D eigenvalue weighted by molar-refractivity contribution is -0.115. The second-order valence-corrected chi connectivity index (χ2v) is 4.30. The van der Waals surface area contributed by atoms with Crippen molar-refractivity contribution in [1.29, 1.82) is 0 Å². The molecule has 0 bridgehead atoms. The van der Waals surface area contributed by atoms with Gasteiger partial charge in [-0.1, -0.05) is 12.1 Å². The molecule has 0 aliphatic heterocycles. The summed E-state index contributed by atoms with van der Waals surface area (Å²) in [5, 5.41) is 2.65. The molecule has 0 heterocycles. The SMILES string of the molecule is COc1ccc(CC(=O)Nc2ccc(F)cc2N)cc1. The topological polar surface area (TPSA) is 64.3 Å². The van der Waals surface area contributed by atoms with E-state index in [-0.39, 0.29) is 18.0 Å². The van der Waals surface area contributed by atoms with Gasteiger partial charge in [0.15, 0.2) is 0 Å². The lowest BCUT2D eigenvalue weighted by Crippen LogP contribution is -2.15. The third kappa shape index (κ3) is 3.47. The van der Waals surface area contributed by atoms with E-state index in [1.165, 1.54) is 18.2 Å². The number of methoxy groups -OCH3 is 1. The van der Waals surface area contributed by atoms with Crippen LogP contribution in [0.4, 0.5) is 15.8 Å². The fourth-order valence-electron chi connectivity index (χ4n) is 1.77. The van der Waals surface area contributed by atoms with Crippen LogP contribution >= 0.6 is 0 Å². The fraction of sp³-hybridized carbons (Fsp3) is 0.133. The highest BCUT2D eigenvalue weighted by Crippen LogP contribution is 2.19. The van der Waals surface area contributed by atoms with E-state index in [0.717, 1.165) is 11.3 Å². The number of nitrogens with one attached hydrogen (secondary N) is 1. The van der Waals surface area contributed by atoms with Crippen molar-refractivity contribution < 1.29 is 13.9 Å². The molecule has 0 unspecified atom stereocenters. The summed E-state index contributed by atoms with van der Waals surface area (Å²) in [6.07, 6.45) is 0.209. The highest BCUT2D eigenvalue weighted by molar-refractivity contribution is 5.95. The molecule has 104 valence electrons. The zero-order valence-electron chi connectivity index (χ0n) is 11.0. The van der Waals surface area contributed by atoms with Crippen LogP contribution in [-0.2, 0) is 11.2 Å². The van der Waals surface area contributed by atoms with E-state index in [9.17, 15) is 9.18 Å². The molecule has 0 saturated heterocycles. The van der Waals surface area contributed by atoms with Crippen molar-refractivity contribution in [3.05, 3.63) is 53.8 Å². The summed E-state index contributed by atoms with van der Waals surface area (Å²) in [7, 11) is 1.58. The van der Waals surface area contributed by atoms with Gasteiger partial charge in [-0.3, -0.25) is 4.79 Å². The molecule has 3 N–H and O–H groups in total. The molecule has 20 heavy (non-hydrogen) atoms. The Hall–Kier alpha value is -2.56. The molecule has 0 saturated carbocycles. The average molecular weight is 274 g/mol. The Morgan fingerprint density at radius 2 is 1.95 bits per heavy atom.